The molecule has 0 fully saturated rings. The van der Waals surface area contributed by atoms with Crippen molar-refractivity contribution in [1.82, 2.24) is 9.97 Å². The van der Waals surface area contributed by atoms with Crippen LogP contribution in [0.3, 0.4) is 0 Å². The Morgan fingerprint density at radius 1 is 1.22 bits per heavy atom. The highest BCUT2D eigenvalue weighted by molar-refractivity contribution is 7.98. The summed E-state index contributed by atoms with van der Waals surface area (Å²) in [5, 5.41) is 0.640. The number of nitrogens with zero attached hydrogens (tertiary/aromatic N) is 2. The van der Waals surface area contributed by atoms with E-state index >= 15 is 0 Å². The molecule has 0 bridgehead atoms. The van der Waals surface area contributed by atoms with E-state index in [0.29, 0.717) is 10.9 Å². The van der Waals surface area contributed by atoms with E-state index in [1.54, 1.807) is 12.3 Å². The number of nitrogens with two attached hydrogens (primary N) is 1. The van der Waals surface area contributed by atoms with Gasteiger partial charge in [0.1, 0.15) is 5.52 Å². The maximum absolute atomic E-state index is 5.70. The van der Waals surface area contributed by atoms with E-state index in [0.717, 1.165) is 22.5 Å². The summed E-state index contributed by atoms with van der Waals surface area (Å²) in [6.07, 6.45) is 1.78. The summed E-state index contributed by atoms with van der Waals surface area (Å²) in [6, 6.07) is 11.3. The molecular weight excluding hydrogens is 246 g/mol. The Balaban J connectivity index is 1.79. The van der Waals surface area contributed by atoms with Crippen molar-refractivity contribution in [3.05, 3.63) is 48.3 Å². The van der Waals surface area contributed by atoms with Crippen LogP contribution in [0.1, 0.15) is 5.69 Å². The number of hydrogen-bond donors (Lipinski definition) is 1. The lowest BCUT2D eigenvalue weighted by Gasteiger charge is -1.95. The Bertz CT molecular complexity index is 666. The van der Waals surface area contributed by atoms with Gasteiger partial charge in [0, 0.05) is 17.6 Å². The van der Waals surface area contributed by atoms with Gasteiger partial charge in [0.05, 0.1) is 5.69 Å². The van der Waals surface area contributed by atoms with Crippen LogP contribution >= 0.6 is 11.8 Å². The molecule has 0 aliphatic heterocycles. The predicted octanol–water partition coefficient (Wildman–Crippen LogP) is 3.10. The second-order valence-electron chi connectivity index (χ2n) is 3.82. The van der Waals surface area contributed by atoms with Crippen LogP contribution < -0.4 is 5.73 Å². The Hall–Kier alpha value is -2.01. The molecule has 0 saturated heterocycles. The van der Waals surface area contributed by atoms with Gasteiger partial charge in [-0.05, 0) is 30.3 Å². The van der Waals surface area contributed by atoms with E-state index in [1.807, 2.05) is 30.3 Å². The van der Waals surface area contributed by atoms with Gasteiger partial charge in [-0.3, -0.25) is 4.98 Å². The van der Waals surface area contributed by atoms with Crippen LogP contribution in [0.25, 0.3) is 11.1 Å². The summed E-state index contributed by atoms with van der Waals surface area (Å²) in [7, 11) is 0. The van der Waals surface area contributed by atoms with Crippen LogP contribution in [0.2, 0.25) is 0 Å². The van der Waals surface area contributed by atoms with Crippen molar-refractivity contribution in [1.29, 1.82) is 0 Å². The van der Waals surface area contributed by atoms with Crippen molar-refractivity contribution < 1.29 is 4.42 Å². The molecule has 0 spiro atoms. The fourth-order valence-electron chi connectivity index (χ4n) is 1.60. The largest absolute Gasteiger partial charge is 0.431 e. The van der Waals surface area contributed by atoms with Gasteiger partial charge >= 0.3 is 0 Å². The van der Waals surface area contributed by atoms with Crippen LogP contribution in [-0.2, 0) is 5.75 Å². The van der Waals surface area contributed by atoms with Gasteiger partial charge in [-0.15, -0.1) is 0 Å². The highest BCUT2D eigenvalue weighted by Crippen LogP contribution is 2.26. The first kappa shape index (κ1) is 11.1. The van der Waals surface area contributed by atoms with Crippen LogP contribution in [0.5, 0.6) is 0 Å². The zero-order chi connectivity index (χ0) is 12.4. The lowest BCUT2D eigenvalue weighted by molar-refractivity contribution is 0.489. The van der Waals surface area contributed by atoms with Crippen molar-refractivity contribution in [2.24, 2.45) is 0 Å². The number of aromatic nitrogens is 2. The zero-order valence-corrected chi connectivity index (χ0v) is 10.4. The molecule has 5 heteroatoms. The molecule has 0 aliphatic rings. The van der Waals surface area contributed by atoms with E-state index in [4.69, 9.17) is 10.2 Å². The number of pyridine rings is 1. The second-order valence-corrected chi connectivity index (χ2v) is 4.74. The number of thioether (sulfide) groups is 1. The SMILES string of the molecule is Nc1ccc2oc(SCc3ccccn3)nc2c1. The first-order valence-electron chi connectivity index (χ1n) is 5.50. The summed E-state index contributed by atoms with van der Waals surface area (Å²) in [5.41, 5.74) is 8.94. The lowest BCUT2D eigenvalue weighted by Crippen LogP contribution is -1.84. The molecule has 0 atom stereocenters. The molecule has 2 heterocycles. The fraction of sp³-hybridized carbons (Fsp3) is 0.0769. The molecule has 0 aliphatic carbocycles. The van der Waals surface area contributed by atoms with E-state index < -0.39 is 0 Å². The number of oxazole rings is 1. The number of rotatable bonds is 3. The molecule has 0 amide bonds. The van der Waals surface area contributed by atoms with Crippen molar-refractivity contribution in [3.8, 4) is 0 Å². The van der Waals surface area contributed by atoms with E-state index in [1.165, 1.54) is 11.8 Å². The third kappa shape index (κ3) is 2.31. The van der Waals surface area contributed by atoms with E-state index in [9.17, 15) is 0 Å². The standard InChI is InChI=1S/C13H11N3OS/c14-9-4-5-12-11(7-9)16-13(17-12)18-8-10-3-1-2-6-15-10/h1-7H,8,14H2. The van der Waals surface area contributed by atoms with Gasteiger partial charge in [0.15, 0.2) is 5.58 Å². The molecular formula is C13H11N3OS. The van der Waals surface area contributed by atoms with Gasteiger partial charge in [-0.2, -0.15) is 0 Å². The van der Waals surface area contributed by atoms with Gasteiger partial charge in [-0.1, -0.05) is 17.8 Å². The minimum atomic E-state index is 0.640. The first-order chi connectivity index (χ1) is 8.81. The van der Waals surface area contributed by atoms with Crippen molar-refractivity contribution in [2.75, 3.05) is 5.73 Å². The molecule has 0 radical (unpaired) electrons. The molecule has 3 aromatic rings. The maximum atomic E-state index is 5.70. The number of anilines is 1. The Kier molecular flexibility index (Phi) is 2.90. The Morgan fingerprint density at radius 2 is 2.17 bits per heavy atom. The van der Waals surface area contributed by atoms with Crippen molar-refractivity contribution >= 4 is 28.5 Å². The first-order valence-corrected chi connectivity index (χ1v) is 6.48. The third-order valence-corrected chi connectivity index (χ3v) is 3.32. The third-order valence-electron chi connectivity index (χ3n) is 2.46. The predicted molar refractivity (Wildman–Crippen MR) is 72.2 cm³/mol. The van der Waals surface area contributed by atoms with Crippen LogP contribution in [-0.4, -0.2) is 9.97 Å². The van der Waals surface area contributed by atoms with Crippen molar-refractivity contribution in [2.45, 2.75) is 11.0 Å². The highest BCUT2D eigenvalue weighted by Gasteiger charge is 2.07. The Labute approximate surface area is 108 Å². The monoisotopic (exact) mass is 257 g/mol. The maximum Gasteiger partial charge on any atom is 0.257 e. The number of nitrogen functional groups attached to an aromatic ring is 1. The smallest absolute Gasteiger partial charge is 0.257 e. The lowest BCUT2D eigenvalue weighted by atomic mass is 10.3. The van der Waals surface area contributed by atoms with Gasteiger partial charge < -0.3 is 10.2 Å². The minimum absolute atomic E-state index is 0.640. The van der Waals surface area contributed by atoms with Crippen LogP contribution in [0.4, 0.5) is 5.69 Å². The topological polar surface area (TPSA) is 64.9 Å². The zero-order valence-electron chi connectivity index (χ0n) is 9.54. The van der Waals surface area contributed by atoms with E-state index in [2.05, 4.69) is 9.97 Å². The molecule has 0 saturated carbocycles. The summed E-state index contributed by atoms with van der Waals surface area (Å²) in [5.74, 6) is 0.739. The van der Waals surface area contributed by atoms with Gasteiger partial charge in [0.2, 0.25) is 0 Å². The summed E-state index contributed by atoms with van der Waals surface area (Å²) in [4.78, 5) is 8.63. The normalized spacial score (nSPS) is 10.9. The molecule has 1 aromatic carbocycles. The molecule has 3 rings (SSSR count). The molecule has 2 N–H and O–H groups in total. The number of benzene rings is 1. The van der Waals surface area contributed by atoms with Crippen molar-refractivity contribution in [3.63, 3.8) is 0 Å². The molecule has 90 valence electrons. The number of hydrogen-bond acceptors (Lipinski definition) is 5. The van der Waals surface area contributed by atoms with Gasteiger partial charge in [0.25, 0.3) is 5.22 Å². The highest BCUT2D eigenvalue weighted by atomic mass is 32.2. The average Bonchev–Trinajstić information content (AvgIpc) is 2.79. The van der Waals surface area contributed by atoms with Crippen LogP contribution in [0.15, 0.2) is 52.2 Å². The Morgan fingerprint density at radius 3 is 3.00 bits per heavy atom. The minimum Gasteiger partial charge on any atom is -0.431 e. The van der Waals surface area contributed by atoms with Crippen LogP contribution in [0, 0.1) is 0 Å². The van der Waals surface area contributed by atoms with E-state index in [-0.39, 0.29) is 0 Å². The fourth-order valence-corrected chi connectivity index (χ4v) is 2.36. The molecule has 0 unspecified atom stereocenters. The average molecular weight is 257 g/mol. The quantitative estimate of drug-likeness (QED) is 0.577. The number of fused-ring (bicyclic) bond motifs is 1. The second kappa shape index (κ2) is 4.70. The molecule has 18 heavy (non-hydrogen) atoms. The summed E-state index contributed by atoms with van der Waals surface area (Å²) < 4.78 is 5.61. The van der Waals surface area contributed by atoms with Gasteiger partial charge in [-0.25, -0.2) is 4.98 Å². The molecule has 2 aromatic heterocycles. The summed E-state index contributed by atoms with van der Waals surface area (Å²) >= 11 is 1.52. The summed E-state index contributed by atoms with van der Waals surface area (Å²) in [6.45, 7) is 0. The molecule has 4 nitrogen and oxygen atoms in total.